The first-order chi connectivity index (χ1) is 6.60. The Balaban J connectivity index is 2.32. The fraction of sp³-hybridized carbons (Fsp3) is 0.500. The molecule has 0 atom stereocenters. The van der Waals surface area contributed by atoms with Crippen LogP contribution in [0.5, 0.6) is 0 Å². The summed E-state index contributed by atoms with van der Waals surface area (Å²) in [4.78, 5) is 1.00. The molecule has 0 saturated carbocycles. The number of nitrogens with zero attached hydrogens (tertiary/aromatic N) is 1. The van der Waals surface area contributed by atoms with E-state index in [1.54, 1.807) is 6.07 Å². The van der Waals surface area contributed by atoms with E-state index in [-0.39, 0.29) is 6.73 Å². The van der Waals surface area contributed by atoms with Crippen LogP contribution in [0.1, 0.15) is 4.88 Å². The van der Waals surface area contributed by atoms with Gasteiger partial charge in [0.15, 0.2) is 0 Å². The van der Waals surface area contributed by atoms with Crippen molar-refractivity contribution in [2.45, 2.75) is 11.1 Å². The van der Waals surface area contributed by atoms with Gasteiger partial charge in [0.2, 0.25) is 0 Å². The molecule has 0 bridgehead atoms. The molecular formula is C8H11NO3S2. The molecule has 1 fully saturated rings. The third-order valence-electron chi connectivity index (χ3n) is 2.03. The number of sulfonamides is 1. The highest BCUT2D eigenvalue weighted by molar-refractivity contribution is 7.91. The van der Waals surface area contributed by atoms with Crippen molar-refractivity contribution >= 4 is 21.4 Å². The molecule has 1 saturated heterocycles. The van der Waals surface area contributed by atoms with E-state index in [0.29, 0.717) is 17.4 Å². The molecule has 4 nitrogen and oxygen atoms in total. The molecule has 2 heterocycles. The molecular weight excluding hydrogens is 222 g/mol. The first kappa shape index (κ1) is 10.1. The summed E-state index contributed by atoms with van der Waals surface area (Å²) < 4.78 is 30.6. The predicted molar refractivity (Wildman–Crippen MR) is 53.8 cm³/mol. The number of hydrogen-bond acceptors (Lipinski definition) is 4. The van der Waals surface area contributed by atoms with Crippen LogP contribution in [0.4, 0.5) is 0 Å². The van der Waals surface area contributed by atoms with Crippen molar-refractivity contribution in [1.29, 1.82) is 0 Å². The van der Waals surface area contributed by atoms with Crippen LogP contribution in [-0.2, 0) is 14.8 Å². The highest BCUT2D eigenvalue weighted by Gasteiger charge is 2.28. The Morgan fingerprint density at radius 1 is 1.50 bits per heavy atom. The topological polar surface area (TPSA) is 46.6 Å². The van der Waals surface area contributed by atoms with Gasteiger partial charge in [-0.2, -0.15) is 4.31 Å². The standard InChI is InChI=1S/C8H11NO3S2/c1-7-2-3-8(13-7)14(10,11)9-4-5-12-6-9/h2-3H,4-6H2,1H3. The van der Waals surface area contributed by atoms with E-state index in [9.17, 15) is 8.42 Å². The van der Waals surface area contributed by atoms with Crippen LogP contribution < -0.4 is 0 Å². The van der Waals surface area contributed by atoms with Gasteiger partial charge in [-0.1, -0.05) is 0 Å². The van der Waals surface area contributed by atoms with Crippen molar-refractivity contribution < 1.29 is 13.2 Å². The van der Waals surface area contributed by atoms with Gasteiger partial charge < -0.3 is 4.74 Å². The van der Waals surface area contributed by atoms with Crippen LogP contribution in [0, 0.1) is 6.92 Å². The summed E-state index contributed by atoms with van der Waals surface area (Å²) in [6, 6.07) is 3.46. The molecule has 0 spiro atoms. The smallest absolute Gasteiger partial charge is 0.254 e. The molecule has 78 valence electrons. The average Bonchev–Trinajstić information content (AvgIpc) is 2.72. The zero-order chi connectivity index (χ0) is 10.2. The van der Waals surface area contributed by atoms with Gasteiger partial charge in [-0.15, -0.1) is 11.3 Å². The van der Waals surface area contributed by atoms with Crippen LogP contribution in [0.2, 0.25) is 0 Å². The first-order valence-corrected chi connectivity index (χ1v) is 6.51. The maximum atomic E-state index is 11.9. The minimum absolute atomic E-state index is 0.180. The molecule has 0 unspecified atom stereocenters. The summed E-state index contributed by atoms with van der Waals surface area (Å²) in [5.41, 5.74) is 0. The Morgan fingerprint density at radius 3 is 2.79 bits per heavy atom. The van der Waals surface area contributed by atoms with Gasteiger partial charge in [-0.3, -0.25) is 0 Å². The lowest BCUT2D eigenvalue weighted by atomic mass is 10.5. The summed E-state index contributed by atoms with van der Waals surface area (Å²) in [6.07, 6.45) is 0. The van der Waals surface area contributed by atoms with Crippen LogP contribution in [0.25, 0.3) is 0 Å². The van der Waals surface area contributed by atoms with Crippen LogP contribution in [-0.4, -0.2) is 32.6 Å². The molecule has 0 aliphatic carbocycles. The highest BCUT2D eigenvalue weighted by atomic mass is 32.2. The van der Waals surface area contributed by atoms with E-state index in [1.165, 1.54) is 15.6 Å². The zero-order valence-electron chi connectivity index (χ0n) is 7.76. The van der Waals surface area contributed by atoms with Gasteiger partial charge in [0.05, 0.1) is 6.61 Å². The van der Waals surface area contributed by atoms with Gasteiger partial charge in [0.25, 0.3) is 10.0 Å². The molecule has 1 aliphatic rings. The summed E-state index contributed by atoms with van der Waals surface area (Å²) in [5.74, 6) is 0. The molecule has 14 heavy (non-hydrogen) atoms. The second-order valence-electron chi connectivity index (χ2n) is 3.08. The number of aryl methyl sites for hydroxylation is 1. The average molecular weight is 233 g/mol. The molecule has 1 aliphatic heterocycles. The first-order valence-electron chi connectivity index (χ1n) is 4.25. The Kier molecular flexibility index (Phi) is 2.61. The fourth-order valence-electron chi connectivity index (χ4n) is 1.26. The van der Waals surface area contributed by atoms with Crippen LogP contribution >= 0.6 is 11.3 Å². The highest BCUT2D eigenvalue weighted by Crippen LogP contribution is 2.25. The van der Waals surface area contributed by atoms with E-state index in [2.05, 4.69) is 0 Å². The monoisotopic (exact) mass is 233 g/mol. The molecule has 1 aromatic heterocycles. The Hall–Kier alpha value is -0.430. The lowest BCUT2D eigenvalue weighted by Crippen LogP contribution is -2.27. The molecule has 0 aromatic carbocycles. The quantitative estimate of drug-likeness (QED) is 0.766. The van der Waals surface area contributed by atoms with Crippen molar-refractivity contribution in [2.75, 3.05) is 19.9 Å². The van der Waals surface area contributed by atoms with Gasteiger partial charge in [-0.05, 0) is 19.1 Å². The van der Waals surface area contributed by atoms with E-state index in [4.69, 9.17) is 4.74 Å². The molecule has 1 aromatic rings. The van der Waals surface area contributed by atoms with Gasteiger partial charge in [0.1, 0.15) is 10.9 Å². The van der Waals surface area contributed by atoms with Crippen molar-refractivity contribution in [2.24, 2.45) is 0 Å². The summed E-state index contributed by atoms with van der Waals surface area (Å²) >= 11 is 1.30. The third kappa shape index (κ3) is 1.70. The predicted octanol–water partition coefficient (Wildman–Crippen LogP) is 1.03. The number of hydrogen-bond donors (Lipinski definition) is 0. The normalized spacial score (nSPS) is 18.9. The maximum Gasteiger partial charge on any atom is 0.254 e. The summed E-state index contributed by atoms with van der Waals surface area (Å²) in [5, 5.41) is 0. The van der Waals surface area contributed by atoms with Gasteiger partial charge in [-0.25, -0.2) is 8.42 Å². The Labute approximate surface area is 87.2 Å². The molecule has 6 heteroatoms. The number of ether oxygens (including phenoxy) is 1. The SMILES string of the molecule is Cc1ccc(S(=O)(=O)N2CCOC2)s1. The second kappa shape index (κ2) is 3.62. The summed E-state index contributed by atoms with van der Waals surface area (Å²) in [6.45, 7) is 3.02. The minimum atomic E-state index is -3.29. The largest absolute Gasteiger partial charge is 0.364 e. The zero-order valence-corrected chi connectivity index (χ0v) is 9.40. The number of thiophene rings is 1. The van der Waals surface area contributed by atoms with Crippen LogP contribution in [0.15, 0.2) is 16.3 Å². The Bertz CT molecular complexity index is 418. The maximum absolute atomic E-state index is 11.9. The van der Waals surface area contributed by atoms with E-state index in [0.717, 1.165) is 4.88 Å². The molecule has 0 amide bonds. The van der Waals surface area contributed by atoms with Crippen molar-refractivity contribution in [3.05, 3.63) is 17.0 Å². The third-order valence-corrected chi connectivity index (χ3v) is 5.32. The van der Waals surface area contributed by atoms with Gasteiger partial charge in [0, 0.05) is 11.4 Å². The van der Waals surface area contributed by atoms with E-state index < -0.39 is 10.0 Å². The van der Waals surface area contributed by atoms with E-state index >= 15 is 0 Å². The van der Waals surface area contributed by atoms with E-state index in [1.807, 2.05) is 13.0 Å². The molecule has 0 N–H and O–H groups in total. The van der Waals surface area contributed by atoms with Crippen molar-refractivity contribution in [3.63, 3.8) is 0 Å². The lowest BCUT2D eigenvalue weighted by molar-refractivity contribution is 0.172. The fourth-order valence-corrected chi connectivity index (χ4v) is 4.01. The summed E-state index contributed by atoms with van der Waals surface area (Å²) in [7, 11) is -3.29. The minimum Gasteiger partial charge on any atom is -0.364 e. The molecule has 2 rings (SSSR count). The van der Waals surface area contributed by atoms with Gasteiger partial charge >= 0.3 is 0 Å². The van der Waals surface area contributed by atoms with Crippen LogP contribution in [0.3, 0.4) is 0 Å². The molecule has 0 radical (unpaired) electrons. The number of rotatable bonds is 2. The Morgan fingerprint density at radius 2 is 2.29 bits per heavy atom. The van der Waals surface area contributed by atoms with Crippen molar-refractivity contribution in [3.8, 4) is 0 Å². The second-order valence-corrected chi connectivity index (χ2v) is 6.54. The van der Waals surface area contributed by atoms with Crippen molar-refractivity contribution in [1.82, 2.24) is 4.31 Å². The lowest BCUT2D eigenvalue weighted by Gasteiger charge is -2.11.